The monoisotopic (exact) mass is 315 g/mol. The van der Waals surface area contributed by atoms with Gasteiger partial charge in [-0.05, 0) is 32.1 Å². The molecule has 0 saturated heterocycles. The molecule has 0 bridgehead atoms. The van der Waals surface area contributed by atoms with Crippen LogP contribution in [0.2, 0.25) is 0 Å². The maximum Gasteiger partial charge on any atom is 0.272 e. The van der Waals surface area contributed by atoms with E-state index in [0.29, 0.717) is 12.2 Å². The molecule has 1 fully saturated rings. The molecule has 0 radical (unpaired) electrons. The lowest BCUT2D eigenvalue weighted by Crippen LogP contribution is -2.38. The third-order valence-corrected chi connectivity index (χ3v) is 3.88. The minimum atomic E-state index is -0.470. The van der Waals surface area contributed by atoms with E-state index in [1.807, 2.05) is 0 Å². The number of nitrogens with one attached hydrogen (secondary N) is 1. The van der Waals surface area contributed by atoms with Crippen molar-refractivity contribution in [1.82, 2.24) is 0 Å². The van der Waals surface area contributed by atoms with Gasteiger partial charge in [-0.2, -0.15) is 0 Å². The Hall–Kier alpha value is -0.840. The average Bonchev–Trinajstić information content (AvgIpc) is 2.42. The Bertz CT molecular complexity index is 459. The van der Waals surface area contributed by atoms with Crippen LogP contribution in [0.1, 0.15) is 38.5 Å². The van der Waals surface area contributed by atoms with E-state index in [1.165, 1.54) is 6.42 Å². The molecular weight excluding hydrogens is 298 g/mol. The molecule has 0 heterocycles. The number of hydrogen-bond donors (Lipinski definition) is 1. The first-order chi connectivity index (χ1) is 8.74. The zero-order chi connectivity index (χ0) is 13.0. The lowest BCUT2D eigenvalue weighted by molar-refractivity contribution is 0.152. The lowest BCUT2D eigenvalue weighted by Gasteiger charge is -2.24. The van der Waals surface area contributed by atoms with Gasteiger partial charge < -0.3 is 10.1 Å². The molecule has 1 saturated carbocycles. The second kappa shape index (κ2) is 6.36. The summed E-state index contributed by atoms with van der Waals surface area (Å²) < 4.78 is 5.69. The Morgan fingerprint density at radius 2 is 1.89 bits per heavy atom. The van der Waals surface area contributed by atoms with Gasteiger partial charge in [0.25, 0.3) is 10.9 Å². The van der Waals surface area contributed by atoms with Crippen LogP contribution in [0.3, 0.4) is 0 Å². The van der Waals surface area contributed by atoms with Crippen molar-refractivity contribution in [3.63, 3.8) is 0 Å². The highest BCUT2D eigenvalue weighted by molar-refractivity contribution is 9.09. The van der Waals surface area contributed by atoms with Crippen LogP contribution in [0.4, 0.5) is 5.69 Å². The van der Waals surface area contributed by atoms with Crippen LogP contribution in [0.25, 0.3) is 0 Å². The molecule has 0 aliphatic heterocycles. The number of anilines is 1. The maximum absolute atomic E-state index is 11.5. The molecule has 2 rings (SSSR count). The summed E-state index contributed by atoms with van der Waals surface area (Å²) in [6, 6.07) is 0. The molecule has 0 spiro atoms. The van der Waals surface area contributed by atoms with E-state index in [-0.39, 0.29) is 11.9 Å². The lowest BCUT2D eigenvalue weighted by atomic mass is 9.97. The highest BCUT2D eigenvalue weighted by Gasteiger charge is 2.25. The van der Waals surface area contributed by atoms with E-state index in [1.54, 1.807) is 0 Å². The number of halogens is 1. The molecule has 1 aromatic carbocycles. The van der Waals surface area contributed by atoms with Crippen LogP contribution in [-0.2, 0) is 0 Å². The predicted molar refractivity (Wildman–Crippen MR) is 75.8 cm³/mol. The minimum absolute atomic E-state index is 0.110. The van der Waals surface area contributed by atoms with E-state index >= 15 is 0 Å². The van der Waals surface area contributed by atoms with E-state index in [0.717, 1.165) is 37.4 Å². The summed E-state index contributed by atoms with van der Waals surface area (Å²) in [4.78, 5) is 22.9. The molecule has 5 heteroatoms. The Labute approximate surface area is 115 Å². The second-order valence-electron chi connectivity index (χ2n) is 4.71. The molecule has 18 heavy (non-hydrogen) atoms. The smallest absolute Gasteiger partial charge is 0.272 e. The third kappa shape index (κ3) is 2.94. The summed E-state index contributed by atoms with van der Waals surface area (Å²) in [5.74, 6) is 0.265. The molecule has 4 nitrogen and oxygen atoms in total. The van der Waals surface area contributed by atoms with Crippen LogP contribution < -0.4 is 20.9 Å². The van der Waals surface area contributed by atoms with Crippen LogP contribution in [0.5, 0.6) is 5.75 Å². The number of alkyl halides is 1. The van der Waals surface area contributed by atoms with E-state index < -0.39 is 10.9 Å². The van der Waals surface area contributed by atoms with Crippen molar-refractivity contribution in [2.24, 2.45) is 0 Å². The van der Waals surface area contributed by atoms with Gasteiger partial charge in [0.1, 0.15) is 5.69 Å². The van der Waals surface area contributed by atoms with Crippen molar-refractivity contribution in [1.29, 1.82) is 0 Å². The van der Waals surface area contributed by atoms with E-state index in [2.05, 4.69) is 21.2 Å². The van der Waals surface area contributed by atoms with Gasteiger partial charge in [0, 0.05) is 11.9 Å². The summed E-state index contributed by atoms with van der Waals surface area (Å²) in [5.41, 5.74) is -0.524. The molecule has 0 atom stereocenters. The summed E-state index contributed by atoms with van der Waals surface area (Å²) >= 11 is 3.32. The van der Waals surface area contributed by atoms with E-state index in [9.17, 15) is 9.59 Å². The van der Waals surface area contributed by atoms with Crippen LogP contribution in [0.15, 0.2) is 9.59 Å². The zero-order valence-corrected chi connectivity index (χ0v) is 11.9. The van der Waals surface area contributed by atoms with Gasteiger partial charge in [-0.1, -0.05) is 22.4 Å². The van der Waals surface area contributed by atoms with Crippen molar-refractivity contribution in [2.45, 2.75) is 44.6 Å². The molecule has 0 unspecified atom stereocenters. The van der Waals surface area contributed by atoms with Gasteiger partial charge in [-0.3, -0.25) is 9.59 Å². The van der Waals surface area contributed by atoms with Crippen LogP contribution >= 0.6 is 15.9 Å². The Morgan fingerprint density at radius 3 is 2.56 bits per heavy atom. The van der Waals surface area contributed by atoms with Gasteiger partial charge in [0.2, 0.25) is 0 Å². The molecule has 1 aromatic rings. The topological polar surface area (TPSA) is 55.4 Å². The first-order valence-electron chi connectivity index (χ1n) is 6.54. The highest BCUT2D eigenvalue weighted by atomic mass is 79.9. The summed E-state index contributed by atoms with van der Waals surface area (Å²) in [6.45, 7) is 0.678. The number of rotatable bonds is 6. The van der Waals surface area contributed by atoms with Gasteiger partial charge in [-0.15, -0.1) is 0 Å². The first-order valence-corrected chi connectivity index (χ1v) is 7.66. The summed E-state index contributed by atoms with van der Waals surface area (Å²) in [6.07, 6.45) is 6.51. The minimum Gasteiger partial charge on any atom is -0.484 e. The standard InChI is InChI=1S/C13H18BrNO3/c14-7-4-8-15-10-11(16)12(17)13(10)18-9-5-2-1-3-6-9/h9,15H,1-8H2. The summed E-state index contributed by atoms with van der Waals surface area (Å²) in [7, 11) is 0. The molecule has 100 valence electrons. The predicted octanol–water partition coefficient (Wildman–Crippen LogP) is 2.19. The Morgan fingerprint density at radius 1 is 1.17 bits per heavy atom. The number of ether oxygens (including phenoxy) is 1. The quantitative estimate of drug-likeness (QED) is 0.497. The molecule has 1 aliphatic carbocycles. The molecule has 0 amide bonds. The molecule has 0 aromatic heterocycles. The third-order valence-electron chi connectivity index (χ3n) is 3.32. The van der Waals surface area contributed by atoms with Crippen molar-refractivity contribution in [3.8, 4) is 5.75 Å². The van der Waals surface area contributed by atoms with Crippen molar-refractivity contribution >= 4 is 21.6 Å². The van der Waals surface area contributed by atoms with Gasteiger partial charge in [-0.25, -0.2) is 0 Å². The fourth-order valence-corrected chi connectivity index (χ4v) is 2.55. The van der Waals surface area contributed by atoms with Crippen molar-refractivity contribution < 1.29 is 4.74 Å². The van der Waals surface area contributed by atoms with Crippen molar-refractivity contribution in [2.75, 3.05) is 17.2 Å². The van der Waals surface area contributed by atoms with Gasteiger partial charge >= 0.3 is 0 Å². The second-order valence-corrected chi connectivity index (χ2v) is 5.50. The Balaban J connectivity index is 1.96. The first kappa shape index (κ1) is 13.6. The van der Waals surface area contributed by atoms with Gasteiger partial charge in [0.05, 0.1) is 6.10 Å². The SMILES string of the molecule is O=c1c(NCCCBr)c(OC2CCCCC2)c1=O. The van der Waals surface area contributed by atoms with Crippen LogP contribution in [0, 0.1) is 0 Å². The molecular formula is C13H18BrNO3. The van der Waals surface area contributed by atoms with Gasteiger partial charge in [0.15, 0.2) is 5.75 Å². The molecule has 1 aliphatic rings. The largest absolute Gasteiger partial charge is 0.484 e. The fourth-order valence-electron chi connectivity index (χ4n) is 2.27. The zero-order valence-electron chi connectivity index (χ0n) is 10.3. The molecule has 1 N–H and O–H groups in total. The fraction of sp³-hybridized carbons (Fsp3) is 0.692. The highest BCUT2D eigenvalue weighted by Crippen LogP contribution is 2.25. The average molecular weight is 316 g/mol. The normalized spacial score (nSPS) is 16.9. The van der Waals surface area contributed by atoms with Crippen molar-refractivity contribution in [3.05, 3.63) is 20.4 Å². The maximum atomic E-state index is 11.5. The van der Waals surface area contributed by atoms with Crippen LogP contribution in [-0.4, -0.2) is 18.0 Å². The Kier molecular flexibility index (Phi) is 4.80. The summed E-state index contributed by atoms with van der Waals surface area (Å²) in [5, 5.41) is 3.86. The van der Waals surface area contributed by atoms with E-state index in [4.69, 9.17) is 4.74 Å². The number of hydrogen-bond acceptors (Lipinski definition) is 4.